The highest BCUT2D eigenvalue weighted by Crippen LogP contribution is 2.23. The fourth-order valence-electron chi connectivity index (χ4n) is 2.48. The summed E-state index contributed by atoms with van der Waals surface area (Å²) in [5.41, 5.74) is 3.82. The highest BCUT2D eigenvalue weighted by Gasteiger charge is 2.12. The highest BCUT2D eigenvalue weighted by molar-refractivity contribution is 6.31. The molecule has 1 aromatic carbocycles. The van der Waals surface area contributed by atoms with Crippen LogP contribution in [-0.2, 0) is 20.2 Å². The lowest BCUT2D eigenvalue weighted by molar-refractivity contribution is 0.282. The van der Waals surface area contributed by atoms with Crippen molar-refractivity contribution in [1.82, 2.24) is 14.3 Å². The fourth-order valence-corrected chi connectivity index (χ4v) is 2.70. The van der Waals surface area contributed by atoms with Crippen LogP contribution in [0.5, 0.6) is 0 Å². The molecule has 5 heteroatoms. The number of nitrogens with zero attached hydrogens (tertiary/aromatic N) is 3. The van der Waals surface area contributed by atoms with Crippen molar-refractivity contribution in [3.05, 3.63) is 52.4 Å². The third kappa shape index (κ3) is 2.11. The number of aliphatic hydroxyl groups excluding tert-OH is 1. The Morgan fingerprint density at radius 3 is 2.75 bits per heavy atom. The van der Waals surface area contributed by atoms with Crippen molar-refractivity contribution in [2.45, 2.75) is 20.1 Å². The maximum Gasteiger partial charge on any atom is 0.0865 e. The minimum Gasteiger partial charge on any atom is -0.392 e. The van der Waals surface area contributed by atoms with E-state index in [4.69, 9.17) is 11.6 Å². The summed E-state index contributed by atoms with van der Waals surface area (Å²) >= 11 is 6.30. The van der Waals surface area contributed by atoms with Gasteiger partial charge < -0.3 is 9.67 Å². The van der Waals surface area contributed by atoms with E-state index in [0.717, 1.165) is 27.9 Å². The summed E-state index contributed by atoms with van der Waals surface area (Å²) in [7, 11) is 1.90. The molecule has 2 aromatic heterocycles. The number of hydrogen-bond acceptors (Lipinski definition) is 2. The van der Waals surface area contributed by atoms with Gasteiger partial charge in [0.1, 0.15) is 0 Å². The van der Waals surface area contributed by atoms with Crippen LogP contribution >= 0.6 is 11.6 Å². The SMILES string of the molecule is Cc1nn(C)c(Cn2ccc3ccc(CO)cc32)c1Cl. The lowest BCUT2D eigenvalue weighted by atomic mass is 10.2. The summed E-state index contributed by atoms with van der Waals surface area (Å²) in [4.78, 5) is 0. The zero-order valence-electron chi connectivity index (χ0n) is 11.5. The molecule has 0 aliphatic rings. The molecule has 0 aliphatic heterocycles. The molecule has 0 radical (unpaired) electrons. The second kappa shape index (κ2) is 4.96. The van der Waals surface area contributed by atoms with Crippen LogP contribution in [0.25, 0.3) is 10.9 Å². The Morgan fingerprint density at radius 2 is 2.10 bits per heavy atom. The molecule has 0 saturated heterocycles. The molecular weight excluding hydrogens is 274 g/mol. The Morgan fingerprint density at radius 1 is 1.30 bits per heavy atom. The molecular formula is C15H16ClN3O. The third-order valence-corrected chi connectivity index (χ3v) is 4.09. The first-order valence-corrected chi connectivity index (χ1v) is 6.84. The highest BCUT2D eigenvalue weighted by atomic mass is 35.5. The van der Waals surface area contributed by atoms with Gasteiger partial charge in [0.2, 0.25) is 0 Å². The van der Waals surface area contributed by atoms with Crippen LogP contribution in [0.2, 0.25) is 5.02 Å². The van der Waals surface area contributed by atoms with E-state index in [1.165, 1.54) is 0 Å². The molecule has 0 fully saturated rings. The molecule has 1 N–H and O–H groups in total. The van der Waals surface area contributed by atoms with Gasteiger partial charge in [-0.25, -0.2) is 0 Å². The summed E-state index contributed by atoms with van der Waals surface area (Å²) in [6.07, 6.45) is 2.03. The van der Waals surface area contributed by atoms with E-state index in [1.54, 1.807) is 0 Å². The van der Waals surface area contributed by atoms with E-state index in [1.807, 2.05) is 43.0 Å². The lowest BCUT2D eigenvalue weighted by Gasteiger charge is -2.07. The first-order valence-electron chi connectivity index (χ1n) is 6.46. The van der Waals surface area contributed by atoms with Crippen LogP contribution < -0.4 is 0 Å². The maximum absolute atomic E-state index is 9.26. The van der Waals surface area contributed by atoms with Crippen LogP contribution in [0, 0.1) is 6.92 Å². The Kier molecular flexibility index (Phi) is 3.28. The van der Waals surface area contributed by atoms with Crippen molar-refractivity contribution in [2.75, 3.05) is 0 Å². The van der Waals surface area contributed by atoms with E-state index < -0.39 is 0 Å². The van der Waals surface area contributed by atoms with Crippen LogP contribution in [0.3, 0.4) is 0 Å². The van der Waals surface area contributed by atoms with Gasteiger partial charge in [-0.3, -0.25) is 4.68 Å². The number of aryl methyl sites for hydroxylation is 2. The van der Waals surface area contributed by atoms with E-state index >= 15 is 0 Å². The largest absolute Gasteiger partial charge is 0.392 e. The Balaban J connectivity index is 2.06. The molecule has 0 aliphatic carbocycles. The quantitative estimate of drug-likeness (QED) is 0.806. The average molecular weight is 290 g/mol. The number of fused-ring (bicyclic) bond motifs is 1. The standard InChI is InChI=1S/C15H16ClN3O/c1-10-15(16)14(18(2)17-10)8-19-6-5-12-4-3-11(9-20)7-13(12)19/h3-7,20H,8-9H2,1-2H3. The number of hydrogen-bond donors (Lipinski definition) is 1. The molecule has 0 spiro atoms. The second-order valence-electron chi connectivity index (χ2n) is 4.96. The van der Waals surface area contributed by atoms with Crippen LogP contribution in [0.1, 0.15) is 17.0 Å². The minimum atomic E-state index is 0.0483. The average Bonchev–Trinajstić information content (AvgIpc) is 2.95. The molecule has 0 unspecified atom stereocenters. The molecule has 2 heterocycles. The number of benzene rings is 1. The monoisotopic (exact) mass is 289 g/mol. The molecule has 3 rings (SSSR count). The van der Waals surface area contributed by atoms with Gasteiger partial charge in [0, 0.05) is 18.8 Å². The van der Waals surface area contributed by atoms with E-state index in [0.29, 0.717) is 11.6 Å². The first-order chi connectivity index (χ1) is 9.60. The topological polar surface area (TPSA) is 43.0 Å². The number of aromatic nitrogens is 3. The number of halogens is 1. The first kappa shape index (κ1) is 13.2. The third-order valence-electron chi connectivity index (χ3n) is 3.60. The minimum absolute atomic E-state index is 0.0483. The Hall–Kier alpha value is -1.78. The van der Waals surface area contributed by atoms with Crippen molar-refractivity contribution in [1.29, 1.82) is 0 Å². The van der Waals surface area contributed by atoms with Crippen molar-refractivity contribution < 1.29 is 5.11 Å². The molecule has 0 saturated carbocycles. The summed E-state index contributed by atoms with van der Waals surface area (Å²) in [6, 6.07) is 8.03. The van der Waals surface area contributed by atoms with Gasteiger partial charge >= 0.3 is 0 Å². The molecule has 104 valence electrons. The zero-order valence-corrected chi connectivity index (χ0v) is 12.2. The summed E-state index contributed by atoms with van der Waals surface area (Å²) in [5.74, 6) is 0. The smallest absolute Gasteiger partial charge is 0.0865 e. The van der Waals surface area contributed by atoms with Gasteiger partial charge in [0.15, 0.2) is 0 Å². The number of aliphatic hydroxyl groups is 1. The van der Waals surface area contributed by atoms with Crippen LogP contribution in [-0.4, -0.2) is 19.5 Å². The van der Waals surface area contributed by atoms with Crippen molar-refractivity contribution in [2.24, 2.45) is 7.05 Å². The van der Waals surface area contributed by atoms with E-state index in [9.17, 15) is 5.11 Å². The molecule has 0 amide bonds. The van der Waals surface area contributed by atoms with Gasteiger partial charge in [-0.1, -0.05) is 23.7 Å². The predicted octanol–water partition coefficient (Wildman–Crippen LogP) is 2.88. The summed E-state index contributed by atoms with van der Waals surface area (Å²) < 4.78 is 3.94. The maximum atomic E-state index is 9.26. The normalized spacial score (nSPS) is 11.4. The van der Waals surface area contributed by atoms with Gasteiger partial charge in [-0.05, 0) is 30.0 Å². The predicted molar refractivity (Wildman–Crippen MR) is 79.9 cm³/mol. The van der Waals surface area contributed by atoms with Crippen LogP contribution in [0.15, 0.2) is 30.5 Å². The molecule has 3 aromatic rings. The van der Waals surface area contributed by atoms with E-state index in [2.05, 4.69) is 15.7 Å². The molecule has 4 nitrogen and oxygen atoms in total. The van der Waals surface area contributed by atoms with Gasteiger partial charge in [0.25, 0.3) is 0 Å². The molecule has 0 bridgehead atoms. The second-order valence-corrected chi connectivity index (χ2v) is 5.34. The van der Waals surface area contributed by atoms with Gasteiger partial charge in [-0.15, -0.1) is 0 Å². The summed E-state index contributed by atoms with van der Waals surface area (Å²) in [6.45, 7) is 2.62. The summed E-state index contributed by atoms with van der Waals surface area (Å²) in [5, 5.41) is 15.5. The van der Waals surface area contributed by atoms with Gasteiger partial charge in [0.05, 0.1) is 29.6 Å². The molecule has 0 atom stereocenters. The van der Waals surface area contributed by atoms with Crippen molar-refractivity contribution in [3.63, 3.8) is 0 Å². The van der Waals surface area contributed by atoms with Crippen molar-refractivity contribution in [3.8, 4) is 0 Å². The van der Waals surface area contributed by atoms with E-state index in [-0.39, 0.29) is 6.61 Å². The fraction of sp³-hybridized carbons (Fsp3) is 0.267. The van der Waals surface area contributed by atoms with Gasteiger partial charge in [-0.2, -0.15) is 5.10 Å². The molecule has 20 heavy (non-hydrogen) atoms. The Bertz CT molecular complexity index is 773. The Labute approximate surface area is 122 Å². The lowest BCUT2D eigenvalue weighted by Crippen LogP contribution is -2.05. The number of rotatable bonds is 3. The van der Waals surface area contributed by atoms with Crippen LogP contribution in [0.4, 0.5) is 0 Å². The van der Waals surface area contributed by atoms with Crippen molar-refractivity contribution >= 4 is 22.5 Å². The zero-order chi connectivity index (χ0) is 14.3.